The fraction of sp³-hybridized carbons (Fsp3) is 0.162. The third-order valence-electron chi connectivity index (χ3n) is 22.9. The van der Waals surface area contributed by atoms with E-state index in [4.69, 9.17) is 52.1 Å². The Hall–Kier alpha value is -15.3. The maximum absolute atomic E-state index is 13.8. The van der Waals surface area contributed by atoms with Crippen LogP contribution in [0, 0.1) is 0 Å². The van der Waals surface area contributed by atoms with Gasteiger partial charge in [-0.05, 0) is 229 Å². The van der Waals surface area contributed by atoms with Crippen molar-refractivity contribution in [2.75, 3.05) is 79.8 Å². The average molecular weight is 1810 g/mol. The monoisotopic (exact) mass is 1810 g/mol. The first-order valence-corrected chi connectivity index (χ1v) is 44.9. The highest BCUT2D eigenvalue weighted by atomic mass is 32.2. The summed E-state index contributed by atoms with van der Waals surface area (Å²) < 4.78 is 131. The van der Waals surface area contributed by atoms with Gasteiger partial charge in [0.25, 0.3) is 20.2 Å². The zero-order chi connectivity index (χ0) is 92.3. The number of hydrogen-bond acceptors (Lipinski definition) is 23. The zero-order valence-electron chi connectivity index (χ0n) is 71.2. The van der Waals surface area contributed by atoms with Crippen molar-refractivity contribution in [3.63, 3.8) is 0 Å². The van der Waals surface area contributed by atoms with E-state index in [2.05, 4.69) is 72.8 Å². The number of methoxy groups -OCH3 is 1. The van der Waals surface area contributed by atoms with Crippen LogP contribution in [0.5, 0.6) is 23.0 Å². The minimum absolute atomic E-state index is 0.00510. The molecule has 0 radical (unpaired) electrons. The molecule has 666 valence electrons. The number of Topliss-reactive ketones (excluding diaryl/α,β-unsaturated/α-hetero) is 2. The van der Waals surface area contributed by atoms with Crippen molar-refractivity contribution in [1.29, 1.82) is 0 Å². The topological polar surface area (TPSA) is 347 Å². The van der Waals surface area contributed by atoms with Crippen LogP contribution in [0.4, 0.5) is 0 Å². The molecule has 2 aliphatic carbocycles. The maximum atomic E-state index is 13.8. The van der Waals surface area contributed by atoms with E-state index in [1.807, 2.05) is 121 Å². The second kappa shape index (κ2) is 39.4. The summed E-state index contributed by atoms with van der Waals surface area (Å²) in [6.07, 6.45) is 0.146. The summed E-state index contributed by atoms with van der Waals surface area (Å²) in [5, 5.41) is 2.56. The minimum Gasteiger partial charge on any atom is -0.494 e. The lowest BCUT2D eigenvalue weighted by molar-refractivity contribution is 0.0259. The van der Waals surface area contributed by atoms with E-state index in [-0.39, 0.29) is 79.5 Å². The standard InChI is InChI=1S/C105H84O25S2/c1-66(106)67-21-22-69-57-72(26-23-68(69)56-67)99(109)126-52-54-129-102(112)77-61-78(65-88(64-77)132(117,118)119)103(113)130-55-53-127-100(110)74-28-25-70-58-73(27-24-71(70)59-74)98(108)125-50-48-123-85-41-33-81(34-42-85)105(95-18-9-5-14-91(95)92-15-6-10-19-96(92)105)82-35-43-86(44-36-82)124-49-51-128-101(111)76-60-75(62-87(63-76)131(114,115)116)97(107)20-11-45-121-83-37-29-79(30-38-83)104(80-31-39-84(40-32-80)122-47-46-120-2)93-16-7-3-12-89(93)90-13-4-8-17-94(90)104/h3-10,12-19,21-44,56-65H,11,20,45-55H2,1-2H3,(H,114,115,116)(H,117,118,119). The van der Waals surface area contributed by atoms with Gasteiger partial charge in [0.1, 0.15) is 82.5 Å². The van der Waals surface area contributed by atoms with Crippen LogP contribution in [-0.4, -0.2) is 153 Å². The number of carbonyl (C=O) groups is 8. The normalized spacial score (nSPS) is 12.5. The first-order chi connectivity index (χ1) is 63.8. The van der Waals surface area contributed by atoms with Crippen molar-refractivity contribution >= 4 is 89.2 Å². The molecule has 132 heavy (non-hydrogen) atoms. The highest BCUT2D eigenvalue weighted by Gasteiger charge is 2.48. The van der Waals surface area contributed by atoms with Gasteiger partial charge in [-0.2, -0.15) is 16.8 Å². The van der Waals surface area contributed by atoms with Crippen LogP contribution in [0.3, 0.4) is 0 Å². The summed E-state index contributed by atoms with van der Waals surface area (Å²) in [7, 11) is -8.23. The Kier molecular flexibility index (Phi) is 26.9. The smallest absolute Gasteiger partial charge is 0.338 e. The molecule has 2 aliphatic rings. The highest BCUT2D eigenvalue weighted by Crippen LogP contribution is 2.58. The van der Waals surface area contributed by atoms with Gasteiger partial charge in [0.2, 0.25) is 0 Å². The van der Waals surface area contributed by atoms with Crippen LogP contribution in [0.1, 0.15) is 147 Å². The van der Waals surface area contributed by atoms with Gasteiger partial charge in [0.15, 0.2) is 11.6 Å². The molecule has 14 aromatic carbocycles. The Labute approximate surface area is 758 Å². The van der Waals surface area contributed by atoms with Crippen LogP contribution >= 0.6 is 0 Å². The Morgan fingerprint density at radius 1 is 0.273 bits per heavy atom. The Morgan fingerprint density at radius 3 is 0.833 bits per heavy atom. The van der Waals surface area contributed by atoms with Crippen LogP contribution in [-0.2, 0) is 64.2 Å². The molecule has 0 spiro atoms. The summed E-state index contributed by atoms with van der Waals surface area (Å²) in [5.41, 5.74) is 10.8. The second-order valence-corrected chi connectivity index (χ2v) is 33.9. The first-order valence-electron chi connectivity index (χ1n) is 42.1. The van der Waals surface area contributed by atoms with Crippen molar-refractivity contribution in [3.8, 4) is 45.3 Å². The molecule has 0 heterocycles. The number of carbonyl (C=O) groups excluding carboxylic acids is 8. The molecule has 0 unspecified atom stereocenters. The van der Waals surface area contributed by atoms with Crippen LogP contribution in [0.2, 0.25) is 0 Å². The molecule has 14 aromatic rings. The Balaban J connectivity index is 0.491. The maximum Gasteiger partial charge on any atom is 0.338 e. The lowest BCUT2D eigenvalue weighted by Crippen LogP contribution is -2.28. The highest BCUT2D eigenvalue weighted by molar-refractivity contribution is 7.86. The average Bonchev–Trinajstić information content (AvgIpc) is 1.54. The first kappa shape index (κ1) is 90.1. The number of hydrogen-bond donors (Lipinski definition) is 2. The van der Waals surface area contributed by atoms with Gasteiger partial charge in [0.05, 0.1) is 67.2 Å². The SMILES string of the molecule is COCCOc1ccc(C2(c3ccc(OCCCC(=O)c4cc(C(=O)OCCOc5ccc(C6(c7ccc(OCCOC(=O)c8ccc9cc(C(=O)OCCOC(=O)c%10cc(C(=O)OCCOC(=O)c%11ccc%12cc(C(C)=O)ccc%12c%11)cc(S(=O)(=O)O)c%10)ccc9c8)cc7)c7ccccc7-c7ccccc76)cc5)cc(S(=O)(=O)O)c4)cc3)c3ccccc3-c3ccccc32)cc1. The molecule has 25 nitrogen and oxygen atoms in total. The van der Waals surface area contributed by atoms with Crippen LogP contribution < -0.4 is 18.9 Å². The predicted molar refractivity (Wildman–Crippen MR) is 487 cm³/mol. The third kappa shape index (κ3) is 19.4. The summed E-state index contributed by atoms with van der Waals surface area (Å²) in [5.74, 6) is -3.74. The van der Waals surface area contributed by atoms with Gasteiger partial charge in [-0.3, -0.25) is 18.7 Å². The van der Waals surface area contributed by atoms with Gasteiger partial charge in [-0.25, -0.2) is 28.8 Å². The third-order valence-corrected chi connectivity index (χ3v) is 24.6. The fourth-order valence-corrected chi connectivity index (χ4v) is 17.9. The number of ether oxygens (including phenoxy) is 11. The number of rotatable bonds is 37. The van der Waals surface area contributed by atoms with Crippen molar-refractivity contribution in [2.45, 2.75) is 40.4 Å². The van der Waals surface area contributed by atoms with E-state index in [1.54, 1.807) is 55.6 Å². The van der Waals surface area contributed by atoms with Crippen LogP contribution in [0.25, 0.3) is 43.8 Å². The predicted octanol–water partition coefficient (Wildman–Crippen LogP) is 18.0. The lowest BCUT2D eigenvalue weighted by atomic mass is 9.68. The molecule has 0 bridgehead atoms. The second-order valence-electron chi connectivity index (χ2n) is 31.1. The molecule has 0 atom stereocenters. The lowest BCUT2D eigenvalue weighted by Gasteiger charge is -2.34. The van der Waals surface area contributed by atoms with Gasteiger partial charge in [-0.1, -0.05) is 176 Å². The number of benzene rings is 14. The van der Waals surface area contributed by atoms with Crippen molar-refractivity contribution in [3.05, 3.63) is 392 Å². The van der Waals surface area contributed by atoms with Crippen molar-refractivity contribution < 1.29 is 116 Å². The van der Waals surface area contributed by atoms with Gasteiger partial charge in [-0.15, -0.1) is 0 Å². The Bertz CT molecular complexity index is 6960. The molecule has 0 amide bonds. The quantitative estimate of drug-likeness (QED) is 0.0120. The molecule has 27 heteroatoms. The van der Waals surface area contributed by atoms with E-state index in [1.165, 1.54) is 37.3 Å². The molecule has 0 fully saturated rings. The number of ketones is 2. The molecule has 0 saturated carbocycles. The van der Waals surface area contributed by atoms with Gasteiger partial charge >= 0.3 is 35.8 Å². The summed E-state index contributed by atoms with van der Waals surface area (Å²) in [6.45, 7) is 0.117. The molecule has 16 rings (SSSR count). The van der Waals surface area contributed by atoms with E-state index in [0.29, 0.717) is 52.2 Å². The summed E-state index contributed by atoms with van der Waals surface area (Å²) >= 11 is 0. The number of fused-ring (bicyclic) bond motifs is 8. The Morgan fingerprint density at radius 2 is 0.530 bits per heavy atom. The fourth-order valence-electron chi connectivity index (χ4n) is 16.8. The van der Waals surface area contributed by atoms with E-state index >= 15 is 0 Å². The van der Waals surface area contributed by atoms with E-state index in [0.717, 1.165) is 108 Å². The molecular formula is C105H84O25S2. The largest absolute Gasteiger partial charge is 0.494 e. The van der Waals surface area contributed by atoms with E-state index in [9.17, 15) is 64.3 Å². The molecule has 0 saturated heterocycles. The zero-order valence-corrected chi connectivity index (χ0v) is 72.8. The molecular weight excluding hydrogens is 1730 g/mol. The molecule has 2 N–H and O–H groups in total. The molecule has 0 aromatic heterocycles. The van der Waals surface area contributed by atoms with Crippen molar-refractivity contribution in [1.82, 2.24) is 0 Å². The summed E-state index contributed by atoms with van der Waals surface area (Å²) in [4.78, 5) is 103. The molecule has 0 aliphatic heterocycles. The van der Waals surface area contributed by atoms with Gasteiger partial charge < -0.3 is 52.1 Å². The number of esters is 6. The van der Waals surface area contributed by atoms with E-state index < -0.39 is 120 Å². The van der Waals surface area contributed by atoms with Crippen LogP contribution in [0.15, 0.2) is 313 Å². The summed E-state index contributed by atoms with van der Waals surface area (Å²) in [6, 6.07) is 89.3. The minimum atomic E-state index is -4.97. The van der Waals surface area contributed by atoms with Crippen molar-refractivity contribution in [2.24, 2.45) is 0 Å². The van der Waals surface area contributed by atoms with Gasteiger partial charge in [0, 0.05) is 24.7 Å².